The molecule has 0 aliphatic carbocycles. The van der Waals surface area contributed by atoms with Crippen LogP contribution in [0.4, 0.5) is 0 Å². The third-order valence-electron chi connectivity index (χ3n) is 11.7. The molecule has 4 heterocycles. The van der Waals surface area contributed by atoms with Crippen LogP contribution in [-0.4, -0.2) is 62.3 Å². The van der Waals surface area contributed by atoms with Gasteiger partial charge in [0.1, 0.15) is 12.2 Å². The molecule has 10 heteroatoms. The summed E-state index contributed by atoms with van der Waals surface area (Å²) in [4.78, 5) is 12.9. The highest BCUT2D eigenvalue weighted by Crippen LogP contribution is 2.41. The first-order chi connectivity index (χ1) is 29.4. The molecular weight excluding hydrogens is 761 g/mol. The Morgan fingerprint density at radius 1 is 0.500 bits per heavy atom. The number of hydrogen-bond acceptors (Lipinski definition) is 10. The zero-order valence-electron chi connectivity index (χ0n) is 34.3. The third kappa shape index (κ3) is 10.2. The van der Waals surface area contributed by atoms with Gasteiger partial charge in [-0.05, 0) is 29.2 Å². The Labute approximate surface area is 352 Å². The van der Waals surface area contributed by atoms with Crippen molar-refractivity contribution in [2.75, 3.05) is 13.2 Å². The largest absolute Gasteiger partial charge is 0.453 e. The zero-order valence-corrected chi connectivity index (χ0v) is 34.3. The quantitative estimate of drug-likeness (QED) is 0.127. The zero-order chi connectivity index (χ0) is 41.3. The van der Waals surface area contributed by atoms with Crippen LogP contribution in [0.25, 0.3) is 0 Å². The van der Waals surface area contributed by atoms with Crippen LogP contribution in [0, 0.1) is 17.8 Å². The van der Waals surface area contributed by atoms with Crippen LogP contribution in [0.5, 0.6) is 0 Å². The van der Waals surface area contributed by atoms with Gasteiger partial charge < -0.3 is 42.6 Å². The van der Waals surface area contributed by atoms with Gasteiger partial charge in [0, 0.05) is 23.0 Å². The van der Waals surface area contributed by atoms with Crippen LogP contribution in [-0.2, 0) is 55.8 Å². The van der Waals surface area contributed by atoms with Gasteiger partial charge in [0.05, 0.1) is 44.2 Å². The van der Waals surface area contributed by atoms with Gasteiger partial charge in [0.2, 0.25) is 0 Å². The second-order valence-electron chi connectivity index (χ2n) is 15.8. The lowest BCUT2D eigenvalue weighted by molar-refractivity contribution is -0.352. The third-order valence-corrected chi connectivity index (χ3v) is 11.7. The highest BCUT2D eigenvalue weighted by atomic mass is 16.8. The maximum atomic E-state index is 12.9. The Bertz CT molecular complexity index is 2040. The van der Waals surface area contributed by atoms with Gasteiger partial charge in [-0.25, -0.2) is 4.79 Å². The lowest BCUT2D eigenvalue weighted by Gasteiger charge is -2.48. The predicted molar refractivity (Wildman–Crippen MR) is 223 cm³/mol. The summed E-state index contributed by atoms with van der Waals surface area (Å²) >= 11 is 0. The standard InChI is InChI=1S/C28H28O6.C22H26O4/c1-19-24-23(18-31-27(34-24)22-15-9-4-10-16-22)32-28(30-17-20-11-5-2-6-12-20)25(19)33-26(29)21-13-7-3-8-14-21;1-15-16(2)21(23-13-17-9-5-3-6-10-17)25-19-14-24-22(26-20(15)19)18-11-7-4-8-12-18/h2-16,19,23-25,27-28H,17-18H2,1H3;3-12,15-16,19-22H,13-14H2,1-2H3/t19-,23?,24-,25?,27?,28+;15-,16?,19?,20+,21+,22?/m01/s1. The molecule has 4 aliphatic heterocycles. The number of carbonyl (C=O) groups is 1. The van der Waals surface area contributed by atoms with Crippen molar-refractivity contribution in [1.29, 1.82) is 0 Å². The predicted octanol–water partition coefficient (Wildman–Crippen LogP) is 9.22. The van der Waals surface area contributed by atoms with E-state index in [0.29, 0.717) is 37.9 Å². The van der Waals surface area contributed by atoms with Crippen LogP contribution in [0.1, 0.15) is 66.0 Å². The Balaban J connectivity index is 0.000000172. The number of hydrogen-bond donors (Lipinski definition) is 0. The summed E-state index contributed by atoms with van der Waals surface area (Å²) in [5, 5.41) is 0. The van der Waals surface area contributed by atoms with Gasteiger partial charge in [-0.3, -0.25) is 0 Å². The van der Waals surface area contributed by atoms with E-state index < -0.39 is 24.7 Å². The van der Waals surface area contributed by atoms with Crippen molar-refractivity contribution in [3.8, 4) is 0 Å². The molecule has 60 heavy (non-hydrogen) atoms. The van der Waals surface area contributed by atoms with Crippen molar-refractivity contribution in [2.45, 2.75) is 89.7 Å². The molecule has 5 aromatic rings. The molecule has 12 atom stereocenters. The smallest absolute Gasteiger partial charge is 0.338 e. The second kappa shape index (κ2) is 20.2. The Morgan fingerprint density at radius 3 is 1.42 bits per heavy atom. The average Bonchev–Trinajstić information content (AvgIpc) is 3.31. The molecule has 4 fully saturated rings. The van der Waals surface area contributed by atoms with Gasteiger partial charge in [-0.1, -0.05) is 160 Å². The van der Waals surface area contributed by atoms with E-state index in [1.165, 1.54) is 0 Å². The Hall–Kier alpha value is -4.75. The lowest BCUT2D eigenvalue weighted by Crippen LogP contribution is -2.59. The number of esters is 1. The fourth-order valence-electron chi connectivity index (χ4n) is 8.11. The van der Waals surface area contributed by atoms with Crippen molar-refractivity contribution in [3.05, 3.63) is 179 Å². The van der Waals surface area contributed by atoms with Gasteiger partial charge in [-0.15, -0.1) is 0 Å². The molecule has 0 spiro atoms. The first-order valence-electron chi connectivity index (χ1n) is 20.9. The van der Waals surface area contributed by atoms with Crippen molar-refractivity contribution in [3.63, 3.8) is 0 Å². The normalized spacial score (nSPS) is 31.1. The highest BCUT2D eigenvalue weighted by Gasteiger charge is 2.50. The van der Waals surface area contributed by atoms with Crippen LogP contribution in [0.15, 0.2) is 152 Å². The topological polar surface area (TPSA) is 100 Å². The highest BCUT2D eigenvalue weighted by molar-refractivity contribution is 5.89. The number of carbonyl (C=O) groups excluding carboxylic acids is 1. The summed E-state index contributed by atoms with van der Waals surface area (Å²) in [6, 6.07) is 48.8. The summed E-state index contributed by atoms with van der Waals surface area (Å²) in [6.45, 7) is 8.17. The SMILES string of the molecule is CC1[C@@H](OCc2ccccc2)OC2COC(c3ccccc3)O[C@H]2[C@@H]1C.C[C@@H]1C(OC(=O)c2ccccc2)[C@H](OCc2ccccc2)OC2COC(c3ccccc3)O[C@H]21. The molecule has 6 unspecified atom stereocenters. The molecule has 0 N–H and O–H groups in total. The minimum Gasteiger partial charge on any atom is -0.453 e. The van der Waals surface area contributed by atoms with Gasteiger partial charge in [0.25, 0.3) is 0 Å². The van der Waals surface area contributed by atoms with Crippen molar-refractivity contribution < 1.29 is 47.4 Å². The summed E-state index contributed by atoms with van der Waals surface area (Å²) in [7, 11) is 0. The molecule has 4 aliphatic rings. The molecule has 0 amide bonds. The molecule has 314 valence electrons. The van der Waals surface area contributed by atoms with E-state index in [2.05, 4.69) is 26.0 Å². The van der Waals surface area contributed by atoms with Crippen LogP contribution in [0.3, 0.4) is 0 Å². The lowest BCUT2D eigenvalue weighted by atomic mass is 9.84. The van der Waals surface area contributed by atoms with Gasteiger partial charge in [-0.2, -0.15) is 0 Å². The van der Waals surface area contributed by atoms with E-state index in [1.807, 2.05) is 134 Å². The van der Waals surface area contributed by atoms with Crippen molar-refractivity contribution >= 4 is 5.97 Å². The molecule has 0 bridgehead atoms. The van der Waals surface area contributed by atoms with Crippen molar-refractivity contribution in [1.82, 2.24) is 0 Å². The summed E-state index contributed by atoms with van der Waals surface area (Å²) in [5.74, 6) is -0.0269. The maximum absolute atomic E-state index is 12.9. The molecule has 0 saturated carbocycles. The fraction of sp³-hybridized carbons (Fsp3) is 0.380. The molecule has 4 saturated heterocycles. The average molecular weight is 815 g/mol. The second-order valence-corrected chi connectivity index (χ2v) is 15.8. The minimum atomic E-state index is -0.746. The molecule has 10 nitrogen and oxygen atoms in total. The van der Waals surface area contributed by atoms with Crippen molar-refractivity contribution in [2.24, 2.45) is 17.8 Å². The van der Waals surface area contributed by atoms with Crippen LogP contribution >= 0.6 is 0 Å². The first-order valence-corrected chi connectivity index (χ1v) is 20.9. The summed E-state index contributed by atoms with van der Waals surface area (Å²) in [5.41, 5.74) is 4.63. The van der Waals surface area contributed by atoms with E-state index in [1.54, 1.807) is 12.1 Å². The number of rotatable bonds is 10. The molecule has 0 radical (unpaired) electrons. The Morgan fingerprint density at radius 2 is 0.917 bits per heavy atom. The summed E-state index contributed by atoms with van der Waals surface area (Å²) < 4.78 is 55.1. The minimum absolute atomic E-state index is 0.0144. The van der Waals surface area contributed by atoms with Crippen LogP contribution < -0.4 is 0 Å². The van der Waals surface area contributed by atoms with E-state index in [4.69, 9.17) is 42.6 Å². The van der Waals surface area contributed by atoms with Gasteiger partial charge in [0.15, 0.2) is 31.3 Å². The van der Waals surface area contributed by atoms with E-state index >= 15 is 0 Å². The van der Waals surface area contributed by atoms with E-state index in [-0.39, 0.29) is 48.8 Å². The monoisotopic (exact) mass is 814 g/mol. The number of ether oxygens (including phenoxy) is 9. The maximum Gasteiger partial charge on any atom is 0.338 e. The molecule has 5 aromatic carbocycles. The van der Waals surface area contributed by atoms with E-state index in [9.17, 15) is 4.79 Å². The number of fused-ring (bicyclic) bond motifs is 2. The first kappa shape index (κ1) is 42.0. The summed E-state index contributed by atoms with van der Waals surface area (Å²) in [6.07, 6.45) is -3.18. The van der Waals surface area contributed by atoms with Crippen LogP contribution in [0.2, 0.25) is 0 Å². The number of benzene rings is 5. The molecular formula is C50H54O10. The Kier molecular flexibility index (Phi) is 14.1. The van der Waals surface area contributed by atoms with Gasteiger partial charge >= 0.3 is 5.97 Å². The molecule has 9 rings (SSSR count). The van der Waals surface area contributed by atoms with E-state index in [0.717, 1.165) is 22.3 Å². The fourth-order valence-corrected chi connectivity index (χ4v) is 8.11. The molecule has 0 aromatic heterocycles.